The van der Waals surface area contributed by atoms with Crippen molar-refractivity contribution >= 4 is 11.4 Å². The predicted octanol–water partition coefficient (Wildman–Crippen LogP) is 5.46. The van der Waals surface area contributed by atoms with E-state index >= 15 is 0 Å². The summed E-state index contributed by atoms with van der Waals surface area (Å²) >= 11 is 0. The van der Waals surface area contributed by atoms with Gasteiger partial charge in [0.1, 0.15) is 0 Å². The highest BCUT2D eigenvalue weighted by Gasteiger charge is 2.66. The van der Waals surface area contributed by atoms with Crippen molar-refractivity contribution in [2.45, 2.75) is 52.4 Å². The van der Waals surface area contributed by atoms with Crippen molar-refractivity contribution in [3.63, 3.8) is 0 Å². The zero-order valence-corrected chi connectivity index (χ0v) is 16.4. The number of pyridine rings is 1. The van der Waals surface area contributed by atoms with Crippen LogP contribution >= 0.6 is 0 Å². The highest BCUT2D eigenvalue weighted by Crippen LogP contribution is 2.74. The smallest absolute Gasteiger partial charge is 0.155 e. The first-order valence-corrected chi connectivity index (χ1v) is 10.9. The van der Waals surface area contributed by atoms with E-state index in [1.807, 2.05) is 6.20 Å². The average molecular weight is 360 g/mol. The molecule has 5 unspecified atom stereocenters. The molecule has 5 aliphatic rings. The number of aromatic nitrogens is 1. The van der Waals surface area contributed by atoms with Crippen LogP contribution in [0.4, 0.5) is 0 Å². The standard InChI is InChI=1S/C25H29NO/c1-24-10-8-21-23(20(24)6-5-19(24)15-4-3-11-26-14-15)18-13-17(18)22-12-16(27)7-9-25(21,22)2/h3-5,11-12,14,17-18,20-21,23H,6-10,13H2,1-2H3/t17?,18?,20?,21?,23?,24-,25-/m1/s1. The number of carbonyl (C=O) groups excluding carboxylic acids is 1. The molecule has 140 valence electrons. The summed E-state index contributed by atoms with van der Waals surface area (Å²) in [6.07, 6.45) is 15.6. The molecule has 1 aromatic heterocycles. The molecule has 0 saturated heterocycles. The van der Waals surface area contributed by atoms with Crippen molar-refractivity contribution in [1.29, 1.82) is 0 Å². The molecule has 7 atom stereocenters. The molecule has 0 N–H and O–H groups in total. The lowest BCUT2D eigenvalue weighted by Crippen LogP contribution is -2.51. The molecule has 2 heteroatoms. The molecule has 6 rings (SSSR count). The van der Waals surface area contributed by atoms with E-state index in [4.69, 9.17) is 0 Å². The van der Waals surface area contributed by atoms with Crippen molar-refractivity contribution in [2.24, 2.45) is 40.4 Å². The van der Waals surface area contributed by atoms with Gasteiger partial charge in [-0.3, -0.25) is 9.78 Å². The molecule has 27 heavy (non-hydrogen) atoms. The van der Waals surface area contributed by atoms with E-state index in [-0.39, 0.29) is 5.41 Å². The molecule has 0 aliphatic heterocycles. The van der Waals surface area contributed by atoms with Crippen molar-refractivity contribution < 1.29 is 4.79 Å². The van der Waals surface area contributed by atoms with Crippen LogP contribution in [0.3, 0.4) is 0 Å². The van der Waals surface area contributed by atoms with Gasteiger partial charge in [0.25, 0.3) is 0 Å². The molecule has 2 nitrogen and oxygen atoms in total. The lowest BCUT2D eigenvalue weighted by atomic mass is 9.46. The molecule has 1 heterocycles. The number of hydrogen-bond acceptors (Lipinski definition) is 2. The van der Waals surface area contributed by atoms with Crippen LogP contribution in [0.25, 0.3) is 5.57 Å². The lowest BCUT2D eigenvalue weighted by Gasteiger charge is -2.57. The zero-order chi connectivity index (χ0) is 18.4. The Morgan fingerprint density at radius 2 is 2.04 bits per heavy atom. The van der Waals surface area contributed by atoms with Gasteiger partial charge in [0.2, 0.25) is 0 Å². The monoisotopic (exact) mass is 359 g/mol. The van der Waals surface area contributed by atoms with E-state index < -0.39 is 0 Å². The summed E-state index contributed by atoms with van der Waals surface area (Å²) in [5.74, 6) is 4.33. The van der Waals surface area contributed by atoms with E-state index in [9.17, 15) is 4.79 Å². The molecule has 1 aromatic rings. The van der Waals surface area contributed by atoms with E-state index in [0.29, 0.717) is 17.1 Å². The maximum absolute atomic E-state index is 12.1. The van der Waals surface area contributed by atoms with Gasteiger partial charge in [-0.05, 0) is 95.8 Å². The summed E-state index contributed by atoms with van der Waals surface area (Å²) in [5, 5.41) is 0. The van der Waals surface area contributed by atoms with Crippen LogP contribution in [-0.2, 0) is 4.79 Å². The third-order valence-electron chi connectivity index (χ3n) is 9.30. The van der Waals surface area contributed by atoms with Gasteiger partial charge in [-0.2, -0.15) is 0 Å². The van der Waals surface area contributed by atoms with Crippen molar-refractivity contribution in [1.82, 2.24) is 4.98 Å². The molecule has 3 saturated carbocycles. The Kier molecular flexibility index (Phi) is 3.14. The van der Waals surface area contributed by atoms with Crippen LogP contribution in [0, 0.1) is 40.4 Å². The molecule has 3 fully saturated rings. The topological polar surface area (TPSA) is 30.0 Å². The van der Waals surface area contributed by atoms with Crippen LogP contribution in [-0.4, -0.2) is 10.8 Å². The summed E-state index contributed by atoms with van der Waals surface area (Å²) < 4.78 is 0. The van der Waals surface area contributed by atoms with Crippen LogP contribution in [0.5, 0.6) is 0 Å². The van der Waals surface area contributed by atoms with Gasteiger partial charge in [0.05, 0.1) is 0 Å². The minimum Gasteiger partial charge on any atom is -0.295 e. The van der Waals surface area contributed by atoms with E-state index in [0.717, 1.165) is 36.5 Å². The number of rotatable bonds is 1. The fraction of sp³-hybridized carbons (Fsp3) is 0.600. The number of nitrogens with zero attached hydrogens (tertiary/aromatic N) is 1. The molecule has 0 radical (unpaired) electrons. The SMILES string of the molecule is C[C@]12CCC(=O)C=C1C1CC1C1C2CC[C@]2(C)C(c3cccnc3)=CCC12. The fourth-order valence-corrected chi connectivity index (χ4v) is 7.94. The van der Waals surface area contributed by atoms with Gasteiger partial charge in [-0.1, -0.05) is 31.6 Å². The molecular weight excluding hydrogens is 330 g/mol. The van der Waals surface area contributed by atoms with Crippen molar-refractivity contribution in [2.75, 3.05) is 0 Å². The first kappa shape index (κ1) is 16.3. The van der Waals surface area contributed by atoms with Gasteiger partial charge >= 0.3 is 0 Å². The number of allylic oxidation sites excluding steroid dienone is 4. The van der Waals surface area contributed by atoms with Crippen LogP contribution < -0.4 is 0 Å². The summed E-state index contributed by atoms with van der Waals surface area (Å²) in [6, 6.07) is 4.32. The zero-order valence-electron chi connectivity index (χ0n) is 16.4. The third kappa shape index (κ3) is 2.02. The predicted molar refractivity (Wildman–Crippen MR) is 107 cm³/mol. The molecule has 0 amide bonds. The van der Waals surface area contributed by atoms with Gasteiger partial charge in [0, 0.05) is 18.8 Å². The highest BCUT2D eigenvalue weighted by molar-refractivity contribution is 5.92. The van der Waals surface area contributed by atoms with Gasteiger partial charge in [0.15, 0.2) is 5.78 Å². The summed E-state index contributed by atoms with van der Waals surface area (Å²) in [7, 11) is 0. The molecular formula is C25H29NO. The molecule has 0 spiro atoms. The van der Waals surface area contributed by atoms with Crippen molar-refractivity contribution in [3.8, 4) is 0 Å². The third-order valence-corrected chi connectivity index (χ3v) is 9.30. The van der Waals surface area contributed by atoms with Crippen LogP contribution in [0.2, 0.25) is 0 Å². The highest BCUT2D eigenvalue weighted by atomic mass is 16.1. The van der Waals surface area contributed by atoms with Gasteiger partial charge in [-0.25, -0.2) is 0 Å². The molecule has 0 bridgehead atoms. The number of fused-ring (bicyclic) bond motifs is 8. The Balaban J connectivity index is 1.39. The number of carbonyl (C=O) groups is 1. The Hall–Kier alpha value is -1.70. The Morgan fingerprint density at radius 3 is 2.85 bits per heavy atom. The quantitative estimate of drug-likeness (QED) is 0.666. The van der Waals surface area contributed by atoms with Gasteiger partial charge in [-0.15, -0.1) is 0 Å². The second kappa shape index (κ2) is 5.21. The largest absolute Gasteiger partial charge is 0.295 e. The van der Waals surface area contributed by atoms with Crippen LogP contribution in [0.15, 0.2) is 42.3 Å². The maximum Gasteiger partial charge on any atom is 0.155 e. The second-order valence-electron chi connectivity index (χ2n) is 10.3. The van der Waals surface area contributed by atoms with Crippen LogP contribution in [0.1, 0.15) is 57.9 Å². The Labute approximate surface area is 162 Å². The number of ketones is 1. The summed E-state index contributed by atoms with van der Waals surface area (Å²) in [5.41, 5.74) is 5.03. The van der Waals surface area contributed by atoms with Crippen molar-refractivity contribution in [3.05, 3.63) is 47.8 Å². The maximum atomic E-state index is 12.1. The summed E-state index contributed by atoms with van der Waals surface area (Å²) in [6.45, 7) is 5.04. The van der Waals surface area contributed by atoms with Gasteiger partial charge < -0.3 is 0 Å². The Morgan fingerprint density at radius 1 is 1.15 bits per heavy atom. The molecule has 5 aliphatic carbocycles. The number of hydrogen-bond donors (Lipinski definition) is 0. The van der Waals surface area contributed by atoms with E-state index in [1.54, 1.807) is 11.1 Å². The second-order valence-corrected chi connectivity index (χ2v) is 10.3. The van der Waals surface area contributed by atoms with E-state index in [2.05, 4.69) is 49.3 Å². The fourth-order valence-electron chi connectivity index (χ4n) is 7.94. The minimum atomic E-state index is 0.286. The average Bonchev–Trinajstić information content (AvgIpc) is 3.38. The first-order valence-electron chi connectivity index (χ1n) is 10.9. The lowest BCUT2D eigenvalue weighted by molar-refractivity contribution is -0.117. The normalized spacial score (nSPS) is 47.2. The Bertz CT molecular complexity index is 883. The summed E-state index contributed by atoms with van der Waals surface area (Å²) in [4.78, 5) is 16.5. The van der Waals surface area contributed by atoms with E-state index in [1.165, 1.54) is 31.2 Å². The first-order chi connectivity index (χ1) is 13.0. The minimum absolute atomic E-state index is 0.286. The molecule has 0 aromatic carbocycles.